The van der Waals surface area contributed by atoms with E-state index in [1.54, 1.807) is 29.6 Å². The number of hydrogen-bond acceptors (Lipinski definition) is 7. The maximum atomic E-state index is 12.1. The van der Waals surface area contributed by atoms with Gasteiger partial charge in [-0.2, -0.15) is 0 Å². The largest absolute Gasteiger partial charge is 0.387 e. The summed E-state index contributed by atoms with van der Waals surface area (Å²) in [6, 6.07) is 16.4. The van der Waals surface area contributed by atoms with Crippen LogP contribution in [0.15, 0.2) is 60.0 Å². The second kappa shape index (κ2) is 8.63. The van der Waals surface area contributed by atoms with Gasteiger partial charge in [0.05, 0.1) is 11.8 Å². The van der Waals surface area contributed by atoms with Gasteiger partial charge in [0, 0.05) is 23.3 Å². The summed E-state index contributed by atoms with van der Waals surface area (Å²) >= 11 is 1.16. The van der Waals surface area contributed by atoms with E-state index in [1.807, 2.05) is 30.3 Å². The number of benzene rings is 2. The van der Waals surface area contributed by atoms with Gasteiger partial charge in [0.15, 0.2) is 11.2 Å². The zero-order valence-electron chi connectivity index (χ0n) is 14.4. The van der Waals surface area contributed by atoms with E-state index in [9.17, 15) is 15.0 Å². The summed E-state index contributed by atoms with van der Waals surface area (Å²) in [5, 5.41) is 27.8. The summed E-state index contributed by atoms with van der Waals surface area (Å²) in [6.07, 6.45) is -2.00. The maximum Gasteiger partial charge on any atom is 0.259 e. The summed E-state index contributed by atoms with van der Waals surface area (Å²) in [5.74, 6) is -0.583. The number of carbonyl (C=O) groups excluding carboxylic acids is 1. The second-order valence-corrected chi connectivity index (χ2v) is 6.78. The van der Waals surface area contributed by atoms with Gasteiger partial charge in [-0.15, -0.1) is 11.3 Å². The molecule has 6 N–H and O–H groups in total. The number of carbonyl (C=O) groups is 1. The van der Waals surface area contributed by atoms with Crippen molar-refractivity contribution in [3.05, 3.63) is 71.2 Å². The van der Waals surface area contributed by atoms with Crippen LogP contribution in [0.2, 0.25) is 0 Å². The average Bonchev–Trinajstić information content (AvgIpc) is 3.13. The van der Waals surface area contributed by atoms with Crippen molar-refractivity contribution in [1.82, 2.24) is 4.98 Å². The minimum absolute atomic E-state index is 0.225. The van der Waals surface area contributed by atoms with Gasteiger partial charge >= 0.3 is 0 Å². The Morgan fingerprint density at radius 1 is 1.07 bits per heavy atom. The lowest BCUT2D eigenvalue weighted by atomic mass is 10.1. The van der Waals surface area contributed by atoms with Crippen LogP contribution in [0.3, 0.4) is 0 Å². The SMILES string of the molecule is Nc1nc(C(O)C(=O)Nc2ccc(NCC(O)c3ccccc3)cc2)cs1. The van der Waals surface area contributed by atoms with Crippen molar-refractivity contribution in [2.45, 2.75) is 12.2 Å². The highest BCUT2D eigenvalue weighted by Gasteiger charge is 2.20. The number of aliphatic hydroxyl groups excluding tert-OH is 2. The topological polar surface area (TPSA) is 121 Å². The number of aromatic nitrogens is 1. The molecule has 0 aliphatic rings. The molecule has 3 rings (SSSR count). The number of nitrogens with one attached hydrogen (secondary N) is 2. The molecule has 27 heavy (non-hydrogen) atoms. The molecule has 2 unspecified atom stereocenters. The Hall–Kier alpha value is -2.94. The summed E-state index contributed by atoms with van der Waals surface area (Å²) in [7, 11) is 0. The van der Waals surface area contributed by atoms with Gasteiger partial charge in [-0.05, 0) is 29.8 Å². The van der Waals surface area contributed by atoms with Gasteiger partial charge < -0.3 is 26.6 Å². The zero-order valence-corrected chi connectivity index (χ0v) is 15.2. The highest BCUT2D eigenvalue weighted by atomic mass is 32.1. The predicted molar refractivity (Wildman–Crippen MR) is 106 cm³/mol. The van der Waals surface area contributed by atoms with E-state index >= 15 is 0 Å². The summed E-state index contributed by atoms with van der Waals surface area (Å²) in [6.45, 7) is 0.361. The number of aliphatic hydroxyl groups is 2. The number of nitrogen functional groups attached to an aromatic ring is 1. The molecule has 7 nitrogen and oxygen atoms in total. The Morgan fingerprint density at radius 2 is 1.74 bits per heavy atom. The van der Waals surface area contributed by atoms with Gasteiger partial charge in [-0.3, -0.25) is 4.79 Å². The smallest absolute Gasteiger partial charge is 0.259 e. The van der Waals surface area contributed by atoms with Crippen molar-refractivity contribution in [3.8, 4) is 0 Å². The number of hydrogen-bond donors (Lipinski definition) is 5. The molecule has 3 aromatic rings. The minimum Gasteiger partial charge on any atom is -0.387 e. The highest BCUT2D eigenvalue weighted by Crippen LogP contribution is 2.21. The third kappa shape index (κ3) is 5.04. The number of nitrogens with zero attached hydrogens (tertiary/aromatic N) is 1. The molecule has 2 aromatic carbocycles. The van der Waals surface area contributed by atoms with Gasteiger partial charge in [0.2, 0.25) is 0 Å². The monoisotopic (exact) mass is 384 g/mol. The molecule has 2 atom stereocenters. The molecule has 8 heteroatoms. The molecule has 0 spiro atoms. The molecule has 1 aromatic heterocycles. The van der Waals surface area contributed by atoms with Gasteiger partial charge in [-0.25, -0.2) is 4.98 Å². The fourth-order valence-electron chi connectivity index (χ4n) is 2.45. The standard InChI is InChI=1S/C19H20N4O3S/c20-19-23-15(11-27-19)17(25)18(26)22-14-8-6-13(7-9-14)21-10-16(24)12-4-2-1-3-5-12/h1-9,11,16-17,21,24-25H,10H2,(H2,20,23)(H,22,26). The Labute approximate surface area is 160 Å². The van der Waals surface area contributed by atoms with Crippen LogP contribution >= 0.6 is 11.3 Å². The first-order valence-electron chi connectivity index (χ1n) is 8.29. The van der Waals surface area contributed by atoms with Crippen LogP contribution in [0.1, 0.15) is 23.5 Å². The quantitative estimate of drug-likeness (QED) is 0.427. The van der Waals surface area contributed by atoms with E-state index in [4.69, 9.17) is 5.73 Å². The van der Waals surface area contributed by atoms with Crippen molar-refractivity contribution in [1.29, 1.82) is 0 Å². The molecule has 0 aliphatic heterocycles. The molecular weight excluding hydrogens is 364 g/mol. The van der Waals surface area contributed by atoms with E-state index in [2.05, 4.69) is 15.6 Å². The zero-order chi connectivity index (χ0) is 19.2. The summed E-state index contributed by atoms with van der Waals surface area (Å²) in [4.78, 5) is 16.0. The molecule has 0 fully saturated rings. The van der Waals surface area contributed by atoms with E-state index in [-0.39, 0.29) is 5.69 Å². The third-order valence-corrected chi connectivity index (χ3v) is 4.60. The number of nitrogens with two attached hydrogens (primary N) is 1. The van der Waals surface area contributed by atoms with E-state index < -0.39 is 18.1 Å². The van der Waals surface area contributed by atoms with Gasteiger partial charge in [-0.1, -0.05) is 30.3 Å². The van der Waals surface area contributed by atoms with Crippen LogP contribution in [-0.4, -0.2) is 27.6 Å². The van der Waals surface area contributed by atoms with Crippen molar-refractivity contribution in [2.75, 3.05) is 22.9 Å². The van der Waals surface area contributed by atoms with Crippen molar-refractivity contribution in [2.24, 2.45) is 0 Å². The third-order valence-electron chi connectivity index (χ3n) is 3.90. The van der Waals surface area contributed by atoms with E-state index in [0.717, 1.165) is 22.6 Å². The first-order valence-corrected chi connectivity index (χ1v) is 9.17. The highest BCUT2D eigenvalue weighted by molar-refractivity contribution is 7.13. The number of amides is 1. The Bertz CT molecular complexity index is 883. The van der Waals surface area contributed by atoms with Gasteiger partial charge in [0.1, 0.15) is 0 Å². The van der Waals surface area contributed by atoms with Crippen LogP contribution in [0.4, 0.5) is 16.5 Å². The molecular formula is C19H20N4O3S. The van der Waals surface area contributed by atoms with Crippen molar-refractivity contribution < 1.29 is 15.0 Å². The first kappa shape index (κ1) is 18.8. The maximum absolute atomic E-state index is 12.1. The molecule has 140 valence electrons. The number of anilines is 3. The normalized spacial score (nSPS) is 13.0. The van der Waals surface area contributed by atoms with Crippen LogP contribution < -0.4 is 16.4 Å². The lowest BCUT2D eigenvalue weighted by Gasteiger charge is -2.14. The van der Waals surface area contributed by atoms with E-state index in [1.165, 1.54) is 0 Å². The van der Waals surface area contributed by atoms with Crippen LogP contribution in [0.5, 0.6) is 0 Å². The predicted octanol–water partition coefficient (Wildman–Crippen LogP) is 2.54. The lowest BCUT2D eigenvalue weighted by molar-refractivity contribution is -0.124. The average molecular weight is 384 g/mol. The molecule has 0 radical (unpaired) electrons. The van der Waals surface area contributed by atoms with Crippen molar-refractivity contribution >= 4 is 33.8 Å². The molecule has 0 saturated carbocycles. The van der Waals surface area contributed by atoms with Crippen LogP contribution in [0, 0.1) is 0 Å². The molecule has 0 saturated heterocycles. The molecule has 0 bridgehead atoms. The lowest BCUT2D eigenvalue weighted by Crippen LogP contribution is -2.21. The summed E-state index contributed by atoms with van der Waals surface area (Å²) in [5.41, 5.74) is 7.92. The first-order chi connectivity index (χ1) is 13.0. The van der Waals surface area contributed by atoms with E-state index in [0.29, 0.717) is 17.4 Å². The van der Waals surface area contributed by atoms with Crippen LogP contribution in [0.25, 0.3) is 0 Å². The minimum atomic E-state index is -1.38. The number of thiazole rings is 1. The molecule has 1 heterocycles. The fourth-order valence-corrected chi connectivity index (χ4v) is 3.03. The molecule has 1 amide bonds. The van der Waals surface area contributed by atoms with Crippen LogP contribution in [-0.2, 0) is 4.79 Å². The van der Waals surface area contributed by atoms with Crippen molar-refractivity contribution in [3.63, 3.8) is 0 Å². The van der Waals surface area contributed by atoms with Gasteiger partial charge in [0.25, 0.3) is 5.91 Å². The Kier molecular flexibility index (Phi) is 6.02. The summed E-state index contributed by atoms with van der Waals surface area (Å²) < 4.78 is 0. The Morgan fingerprint density at radius 3 is 2.37 bits per heavy atom. The fraction of sp³-hybridized carbons (Fsp3) is 0.158. The second-order valence-electron chi connectivity index (χ2n) is 5.89. The number of rotatable bonds is 7. The Balaban J connectivity index is 1.53. The molecule has 0 aliphatic carbocycles.